The van der Waals surface area contributed by atoms with E-state index in [1.165, 1.54) is 59.4 Å². The zero-order valence-corrected chi connectivity index (χ0v) is 32.0. The molecule has 2 nitrogen and oxygen atoms in total. The molecule has 10 aromatic rings. The van der Waals surface area contributed by atoms with E-state index >= 15 is 0 Å². The Morgan fingerprint density at radius 1 is 0.439 bits per heavy atom. The molecule has 0 aliphatic heterocycles. The highest BCUT2D eigenvalue weighted by atomic mass is 32.1. The molecule has 11 rings (SSSR count). The number of nitrogens with zero attached hydrogens (tertiary/aromatic N) is 1. The zero-order chi connectivity index (χ0) is 37.7. The molecule has 0 saturated carbocycles. The lowest BCUT2D eigenvalue weighted by atomic mass is 9.92. The molecule has 2 heterocycles. The van der Waals surface area contributed by atoms with Crippen molar-refractivity contribution in [3.8, 4) is 33.4 Å². The van der Waals surface area contributed by atoms with Crippen molar-refractivity contribution in [1.29, 1.82) is 0 Å². The molecule has 0 amide bonds. The van der Waals surface area contributed by atoms with E-state index < -0.39 is 0 Å². The minimum Gasteiger partial charge on any atom is -0.455 e. The van der Waals surface area contributed by atoms with E-state index in [4.69, 9.17) is 4.42 Å². The minimum absolute atomic E-state index is 0.900. The number of allylic oxidation sites excluding steroid dienone is 4. The number of anilines is 2. The molecule has 1 aliphatic carbocycles. The van der Waals surface area contributed by atoms with Crippen LogP contribution in [0, 0.1) is 0 Å². The highest BCUT2D eigenvalue weighted by Gasteiger charge is 2.24. The predicted octanol–water partition coefficient (Wildman–Crippen LogP) is 15.9. The lowest BCUT2D eigenvalue weighted by molar-refractivity contribution is 0.670. The first-order valence-electron chi connectivity index (χ1n) is 19.6. The molecule has 2 aromatic heterocycles. The van der Waals surface area contributed by atoms with Crippen molar-refractivity contribution in [3.63, 3.8) is 0 Å². The molecule has 1 aliphatic rings. The van der Waals surface area contributed by atoms with Gasteiger partial charge in [-0.1, -0.05) is 158 Å². The second-order valence-electron chi connectivity index (χ2n) is 14.8. The fourth-order valence-corrected chi connectivity index (χ4v) is 9.80. The molecule has 0 spiro atoms. The molecule has 8 aromatic carbocycles. The van der Waals surface area contributed by atoms with Crippen molar-refractivity contribution in [2.24, 2.45) is 0 Å². The van der Waals surface area contributed by atoms with Gasteiger partial charge in [0.05, 0.1) is 10.4 Å². The topological polar surface area (TPSA) is 16.4 Å². The van der Waals surface area contributed by atoms with Crippen molar-refractivity contribution >= 4 is 70.4 Å². The van der Waals surface area contributed by atoms with Gasteiger partial charge in [0.15, 0.2) is 0 Å². The van der Waals surface area contributed by atoms with Gasteiger partial charge >= 0.3 is 0 Å². The van der Waals surface area contributed by atoms with E-state index in [0.29, 0.717) is 0 Å². The molecular formula is C54H37NOS. The molecule has 57 heavy (non-hydrogen) atoms. The molecule has 0 unspecified atom stereocenters. The monoisotopic (exact) mass is 747 g/mol. The van der Waals surface area contributed by atoms with E-state index in [1.807, 2.05) is 17.4 Å². The molecule has 0 atom stereocenters. The molecule has 0 radical (unpaired) electrons. The number of benzene rings is 8. The third-order valence-electron chi connectivity index (χ3n) is 11.4. The minimum atomic E-state index is 0.900. The van der Waals surface area contributed by atoms with E-state index in [1.54, 1.807) is 0 Å². The van der Waals surface area contributed by atoms with E-state index in [0.717, 1.165) is 57.2 Å². The largest absolute Gasteiger partial charge is 0.455 e. The van der Waals surface area contributed by atoms with E-state index in [-0.39, 0.29) is 0 Å². The standard InChI is InChI=1S/C54H37NOS/c1-3-13-36(14-4-1)38-25-27-39(28-26-38)40-29-31-43(32-30-40)55(50-22-12-21-49-47-18-8-10-24-52(47)57-54(49)50)44-34-41(37-15-5-2-6-16-37)33-42(35-44)45-19-11-20-48-46-17-7-9-23-51(46)56-53(45)48/h1-29,31,33-35H,30,32H2. The summed E-state index contributed by atoms with van der Waals surface area (Å²) in [6.07, 6.45) is 6.53. The smallest absolute Gasteiger partial charge is 0.143 e. The maximum absolute atomic E-state index is 6.63. The van der Waals surface area contributed by atoms with Crippen molar-refractivity contribution in [2.75, 3.05) is 4.90 Å². The average Bonchev–Trinajstić information content (AvgIpc) is 3.87. The van der Waals surface area contributed by atoms with Crippen LogP contribution < -0.4 is 4.90 Å². The Bertz CT molecular complexity index is 3170. The number of thiophene rings is 1. The molecule has 0 bridgehead atoms. The Hall–Kier alpha value is -6.94. The van der Waals surface area contributed by atoms with Gasteiger partial charge in [-0.25, -0.2) is 0 Å². The van der Waals surface area contributed by atoms with E-state index in [9.17, 15) is 0 Å². The summed E-state index contributed by atoms with van der Waals surface area (Å²) in [5.41, 5.74) is 15.1. The first kappa shape index (κ1) is 33.4. The van der Waals surface area contributed by atoms with Crippen LogP contribution in [0.4, 0.5) is 11.4 Å². The number of rotatable bonds is 7. The highest BCUT2D eigenvalue weighted by Crippen LogP contribution is 2.47. The van der Waals surface area contributed by atoms with Crippen LogP contribution in [0.15, 0.2) is 210 Å². The van der Waals surface area contributed by atoms with Crippen molar-refractivity contribution in [1.82, 2.24) is 0 Å². The summed E-state index contributed by atoms with van der Waals surface area (Å²) < 4.78 is 9.22. The number of furan rings is 1. The van der Waals surface area contributed by atoms with E-state index in [2.05, 4.69) is 199 Å². The SMILES string of the molecule is C1=C(c2ccc(-c3ccccc3)cc2)CCC(N(c2cc(-c3ccccc3)cc(-c3cccc4c3oc3ccccc34)c2)c2cccc3c2sc2ccccc23)=C1. The number of para-hydroxylation sites is 2. The van der Waals surface area contributed by atoms with Crippen LogP contribution in [-0.4, -0.2) is 0 Å². The Kier molecular flexibility index (Phi) is 8.19. The van der Waals surface area contributed by atoms with Crippen molar-refractivity contribution in [2.45, 2.75) is 12.8 Å². The lowest BCUT2D eigenvalue weighted by Gasteiger charge is -2.31. The summed E-state index contributed by atoms with van der Waals surface area (Å²) in [6, 6.07) is 67.9. The predicted molar refractivity (Wildman–Crippen MR) is 243 cm³/mol. The Morgan fingerprint density at radius 3 is 1.86 bits per heavy atom. The quantitative estimate of drug-likeness (QED) is 0.161. The second-order valence-corrected chi connectivity index (χ2v) is 15.8. The van der Waals surface area contributed by atoms with Gasteiger partial charge in [-0.3, -0.25) is 0 Å². The van der Waals surface area contributed by atoms with Crippen LogP contribution in [0.2, 0.25) is 0 Å². The third kappa shape index (κ3) is 5.96. The number of hydrogen-bond donors (Lipinski definition) is 0. The van der Waals surface area contributed by atoms with Crippen LogP contribution in [0.25, 0.3) is 81.1 Å². The van der Waals surface area contributed by atoms with Gasteiger partial charge in [-0.05, 0) is 94.3 Å². The second kappa shape index (κ2) is 14.0. The number of hydrogen-bond acceptors (Lipinski definition) is 3. The maximum Gasteiger partial charge on any atom is 0.143 e. The summed E-state index contributed by atoms with van der Waals surface area (Å²) in [5.74, 6) is 0. The van der Waals surface area contributed by atoms with Crippen LogP contribution in [0.1, 0.15) is 18.4 Å². The Morgan fingerprint density at radius 2 is 1.07 bits per heavy atom. The molecule has 3 heteroatoms. The van der Waals surface area contributed by atoms with Gasteiger partial charge in [0.1, 0.15) is 11.2 Å². The van der Waals surface area contributed by atoms with Crippen LogP contribution >= 0.6 is 11.3 Å². The Balaban J connectivity index is 1.11. The summed E-state index contributed by atoms with van der Waals surface area (Å²) >= 11 is 1.88. The van der Waals surface area contributed by atoms with Crippen LogP contribution in [-0.2, 0) is 0 Å². The summed E-state index contributed by atoms with van der Waals surface area (Å²) in [5, 5.41) is 4.85. The highest BCUT2D eigenvalue weighted by molar-refractivity contribution is 7.26. The zero-order valence-electron chi connectivity index (χ0n) is 31.2. The fraction of sp³-hybridized carbons (Fsp3) is 0.0370. The van der Waals surface area contributed by atoms with Gasteiger partial charge in [0.2, 0.25) is 0 Å². The summed E-state index contributed by atoms with van der Waals surface area (Å²) in [7, 11) is 0. The normalized spacial score (nSPS) is 13.0. The Labute approximate surface area is 335 Å². The van der Waals surface area contributed by atoms with Crippen molar-refractivity contribution in [3.05, 3.63) is 211 Å². The first-order valence-corrected chi connectivity index (χ1v) is 20.4. The maximum atomic E-state index is 6.63. The van der Waals surface area contributed by atoms with Gasteiger partial charge in [0.25, 0.3) is 0 Å². The first-order chi connectivity index (χ1) is 28.2. The van der Waals surface area contributed by atoms with Crippen LogP contribution in [0.3, 0.4) is 0 Å². The fourth-order valence-electron chi connectivity index (χ4n) is 8.60. The molecular weight excluding hydrogens is 711 g/mol. The average molecular weight is 748 g/mol. The van der Waals surface area contributed by atoms with Gasteiger partial charge in [-0.15, -0.1) is 11.3 Å². The molecule has 0 N–H and O–H groups in total. The summed E-state index contributed by atoms with van der Waals surface area (Å²) in [4.78, 5) is 2.53. The summed E-state index contributed by atoms with van der Waals surface area (Å²) in [6.45, 7) is 0. The van der Waals surface area contributed by atoms with Gasteiger partial charge in [0, 0.05) is 43.2 Å². The number of fused-ring (bicyclic) bond motifs is 6. The van der Waals surface area contributed by atoms with Crippen LogP contribution in [0.5, 0.6) is 0 Å². The third-order valence-corrected chi connectivity index (χ3v) is 12.6. The molecule has 270 valence electrons. The van der Waals surface area contributed by atoms with Crippen molar-refractivity contribution < 1.29 is 4.42 Å². The van der Waals surface area contributed by atoms with Gasteiger partial charge in [-0.2, -0.15) is 0 Å². The molecule has 0 saturated heterocycles. The van der Waals surface area contributed by atoms with Gasteiger partial charge < -0.3 is 9.32 Å². The lowest BCUT2D eigenvalue weighted by Crippen LogP contribution is -2.18. The molecule has 0 fully saturated rings.